The van der Waals surface area contributed by atoms with Gasteiger partial charge in [0.05, 0.1) is 30.0 Å². The Bertz CT molecular complexity index is 688. The molecule has 1 aromatic heterocycles. The highest BCUT2D eigenvalue weighted by atomic mass is 35.5. The summed E-state index contributed by atoms with van der Waals surface area (Å²) in [5, 5.41) is 0.676. The highest BCUT2D eigenvalue weighted by Crippen LogP contribution is 2.34. The molecule has 0 aliphatic carbocycles. The van der Waals surface area contributed by atoms with Gasteiger partial charge in [-0.05, 0) is 24.3 Å². The van der Waals surface area contributed by atoms with Gasteiger partial charge < -0.3 is 14.1 Å². The Kier molecular flexibility index (Phi) is 5.33. The molecule has 2 heterocycles. The van der Waals surface area contributed by atoms with Gasteiger partial charge in [0.1, 0.15) is 5.76 Å². The van der Waals surface area contributed by atoms with Crippen molar-refractivity contribution in [2.45, 2.75) is 6.54 Å². The number of hydrogen-bond acceptors (Lipinski definition) is 4. The first kappa shape index (κ1) is 17.1. The number of furan rings is 1. The zero-order chi connectivity index (χ0) is 17.1. The molecule has 0 unspecified atom stereocenters. The number of carbonyl (C=O) groups excluding carboxylic acids is 1. The summed E-state index contributed by atoms with van der Waals surface area (Å²) in [6, 6.07) is 7.04. The fourth-order valence-electron chi connectivity index (χ4n) is 2.79. The van der Waals surface area contributed by atoms with E-state index in [9.17, 15) is 4.79 Å². The lowest BCUT2D eigenvalue weighted by Crippen LogP contribution is -2.48. The van der Waals surface area contributed by atoms with E-state index >= 15 is 0 Å². The van der Waals surface area contributed by atoms with E-state index < -0.39 is 0 Å². The first-order valence-corrected chi connectivity index (χ1v) is 8.41. The molecule has 1 aliphatic rings. The molecule has 2 aromatic rings. The molecule has 0 saturated carbocycles. The van der Waals surface area contributed by atoms with E-state index in [1.165, 1.54) is 7.11 Å². The molecule has 128 valence electrons. The van der Waals surface area contributed by atoms with Crippen LogP contribution in [0.25, 0.3) is 0 Å². The van der Waals surface area contributed by atoms with Crippen LogP contribution in [0, 0.1) is 0 Å². The van der Waals surface area contributed by atoms with E-state index in [1.807, 2.05) is 17.0 Å². The fraction of sp³-hybridized carbons (Fsp3) is 0.353. The molecule has 0 radical (unpaired) electrons. The van der Waals surface area contributed by atoms with Gasteiger partial charge in [0, 0.05) is 31.7 Å². The van der Waals surface area contributed by atoms with E-state index in [-0.39, 0.29) is 5.91 Å². The Morgan fingerprint density at radius 1 is 1.21 bits per heavy atom. The summed E-state index contributed by atoms with van der Waals surface area (Å²) in [5.74, 6) is 1.25. The Hall–Kier alpha value is -1.69. The monoisotopic (exact) mass is 368 g/mol. The maximum Gasteiger partial charge on any atom is 0.254 e. The first-order chi connectivity index (χ1) is 11.6. The van der Waals surface area contributed by atoms with E-state index in [2.05, 4.69) is 4.90 Å². The molecule has 0 atom stereocenters. The van der Waals surface area contributed by atoms with Gasteiger partial charge in [0.2, 0.25) is 0 Å². The molecule has 24 heavy (non-hydrogen) atoms. The van der Waals surface area contributed by atoms with E-state index in [4.69, 9.17) is 32.4 Å². The third kappa shape index (κ3) is 3.69. The molecule has 5 nitrogen and oxygen atoms in total. The van der Waals surface area contributed by atoms with Crippen molar-refractivity contribution in [3.8, 4) is 5.75 Å². The van der Waals surface area contributed by atoms with Crippen LogP contribution in [0.4, 0.5) is 0 Å². The number of carbonyl (C=O) groups is 1. The molecule has 7 heteroatoms. The van der Waals surface area contributed by atoms with Crippen LogP contribution < -0.4 is 4.74 Å². The SMILES string of the molecule is COc1c(Cl)cc(C(=O)N2CCN(Cc3ccco3)CC2)cc1Cl. The standard InChI is InChI=1S/C17H18Cl2N2O3/c1-23-16-14(18)9-12(10-15(16)19)17(22)21-6-4-20(5-7-21)11-13-3-2-8-24-13/h2-3,8-10H,4-7,11H2,1H3. The van der Waals surface area contributed by atoms with Crippen molar-refractivity contribution in [1.29, 1.82) is 0 Å². The van der Waals surface area contributed by atoms with Gasteiger partial charge in [-0.15, -0.1) is 0 Å². The maximum absolute atomic E-state index is 12.7. The van der Waals surface area contributed by atoms with Crippen LogP contribution in [-0.4, -0.2) is 49.0 Å². The van der Waals surface area contributed by atoms with Crippen LogP contribution in [0.3, 0.4) is 0 Å². The van der Waals surface area contributed by atoms with E-state index in [1.54, 1.807) is 18.4 Å². The average molecular weight is 369 g/mol. The lowest BCUT2D eigenvalue weighted by atomic mass is 10.1. The Labute approximate surface area is 150 Å². The van der Waals surface area contributed by atoms with Gasteiger partial charge in [0.25, 0.3) is 5.91 Å². The molecule has 1 amide bonds. The van der Waals surface area contributed by atoms with Gasteiger partial charge >= 0.3 is 0 Å². The number of halogens is 2. The van der Waals surface area contributed by atoms with Crippen LogP contribution in [-0.2, 0) is 6.54 Å². The lowest BCUT2D eigenvalue weighted by molar-refractivity contribution is 0.0620. The second-order valence-corrected chi connectivity index (χ2v) is 6.44. The van der Waals surface area contributed by atoms with Crippen molar-refractivity contribution in [2.75, 3.05) is 33.3 Å². The molecule has 3 rings (SSSR count). The topological polar surface area (TPSA) is 45.9 Å². The van der Waals surface area contributed by atoms with Crippen LogP contribution in [0.2, 0.25) is 10.0 Å². The molecule has 0 N–H and O–H groups in total. The molecule has 1 aromatic carbocycles. The first-order valence-electron chi connectivity index (χ1n) is 7.65. The predicted octanol–water partition coefficient (Wildman–Crippen LogP) is 3.55. The minimum atomic E-state index is -0.0703. The highest BCUT2D eigenvalue weighted by molar-refractivity contribution is 6.37. The number of hydrogen-bond donors (Lipinski definition) is 0. The average Bonchev–Trinajstić information content (AvgIpc) is 3.07. The molecule has 0 bridgehead atoms. The van der Waals surface area contributed by atoms with Crippen LogP contribution in [0.1, 0.15) is 16.1 Å². The van der Waals surface area contributed by atoms with Crippen molar-refractivity contribution in [1.82, 2.24) is 9.80 Å². The Balaban J connectivity index is 1.63. The zero-order valence-electron chi connectivity index (χ0n) is 13.3. The predicted molar refractivity (Wildman–Crippen MR) is 92.9 cm³/mol. The number of benzene rings is 1. The molecule has 1 fully saturated rings. The largest absolute Gasteiger partial charge is 0.494 e. The van der Waals surface area contributed by atoms with Crippen molar-refractivity contribution < 1.29 is 13.9 Å². The summed E-state index contributed by atoms with van der Waals surface area (Å²) in [4.78, 5) is 16.7. The second kappa shape index (κ2) is 7.47. The van der Waals surface area contributed by atoms with Gasteiger partial charge in [-0.2, -0.15) is 0 Å². The number of piperazine rings is 1. The normalized spacial score (nSPS) is 15.5. The summed E-state index contributed by atoms with van der Waals surface area (Å²) >= 11 is 12.2. The fourth-order valence-corrected chi connectivity index (χ4v) is 3.43. The van der Waals surface area contributed by atoms with Crippen molar-refractivity contribution >= 4 is 29.1 Å². The Morgan fingerprint density at radius 2 is 1.88 bits per heavy atom. The molecular weight excluding hydrogens is 351 g/mol. The quantitative estimate of drug-likeness (QED) is 0.827. The Morgan fingerprint density at radius 3 is 2.42 bits per heavy atom. The summed E-state index contributed by atoms with van der Waals surface area (Å²) in [7, 11) is 1.49. The molecule has 0 spiro atoms. The van der Waals surface area contributed by atoms with Crippen molar-refractivity contribution in [3.05, 3.63) is 51.9 Å². The van der Waals surface area contributed by atoms with Crippen LogP contribution in [0.5, 0.6) is 5.75 Å². The number of nitrogens with zero attached hydrogens (tertiary/aromatic N) is 2. The summed E-state index contributed by atoms with van der Waals surface area (Å²) < 4.78 is 10.5. The van der Waals surface area contributed by atoms with E-state index in [0.717, 1.165) is 25.4 Å². The van der Waals surface area contributed by atoms with Crippen LogP contribution >= 0.6 is 23.2 Å². The third-order valence-corrected chi connectivity index (χ3v) is 4.63. The lowest BCUT2D eigenvalue weighted by Gasteiger charge is -2.34. The highest BCUT2D eigenvalue weighted by Gasteiger charge is 2.24. The van der Waals surface area contributed by atoms with Gasteiger partial charge in [-0.25, -0.2) is 0 Å². The molecule has 1 aliphatic heterocycles. The van der Waals surface area contributed by atoms with Crippen LogP contribution in [0.15, 0.2) is 34.9 Å². The molecule has 1 saturated heterocycles. The van der Waals surface area contributed by atoms with Gasteiger partial charge in [0.15, 0.2) is 5.75 Å². The van der Waals surface area contributed by atoms with E-state index in [0.29, 0.717) is 34.4 Å². The zero-order valence-corrected chi connectivity index (χ0v) is 14.8. The van der Waals surface area contributed by atoms with Gasteiger partial charge in [-0.1, -0.05) is 23.2 Å². The minimum absolute atomic E-state index is 0.0703. The number of ether oxygens (including phenoxy) is 1. The van der Waals surface area contributed by atoms with Crippen molar-refractivity contribution in [3.63, 3.8) is 0 Å². The third-order valence-electron chi connectivity index (χ3n) is 4.07. The second-order valence-electron chi connectivity index (χ2n) is 5.62. The van der Waals surface area contributed by atoms with Crippen molar-refractivity contribution in [2.24, 2.45) is 0 Å². The van der Waals surface area contributed by atoms with Gasteiger partial charge in [-0.3, -0.25) is 9.69 Å². The number of methoxy groups -OCH3 is 1. The number of amides is 1. The number of rotatable bonds is 4. The summed E-state index contributed by atoms with van der Waals surface area (Å²) in [6.45, 7) is 3.66. The minimum Gasteiger partial charge on any atom is -0.494 e. The summed E-state index contributed by atoms with van der Waals surface area (Å²) in [6.07, 6.45) is 1.67. The maximum atomic E-state index is 12.7. The summed E-state index contributed by atoms with van der Waals surface area (Å²) in [5.41, 5.74) is 0.477. The molecular formula is C17H18Cl2N2O3. The smallest absolute Gasteiger partial charge is 0.254 e.